The van der Waals surface area contributed by atoms with Crippen molar-refractivity contribution >= 4 is 5.91 Å². The molecule has 19 heavy (non-hydrogen) atoms. The van der Waals surface area contributed by atoms with Crippen LogP contribution in [0.2, 0.25) is 0 Å². The highest BCUT2D eigenvalue weighted by molar-refractivity contribution is 5.79. The molecular weight excluding hydrogens is 238 g/mol. The molecule has 1 saturated carbocycles. The van der Waals surface area contributed by atoms with Gasteiger partial charge in [0, 0.05) is 18.7 Å². The van der Waals surface area contributed by atoms with Crippen molar-refractivity contribution in [1.29, 1.82) is 0 Å². The smallest absolute Gasteiger partial charge is 0.227 e. The summed E-state index contributed by atoms with van der Waals surface area (Å²) in [5.41, 5.74) is 0.711. The maximum Gasteiger partial charge on any atom is 0.227 e. The van der Waals surface area contributed by atoms with Crippen molar-refractivity contribution in [3.05, 3.63) is 29.8 Å². The third kappa shape index (κ3) is 3.49. The molecule has 1 aliphatic carbocycles. The molecule has 1 aromatic rings. The Labute approximate surface area is 115 Å². The standard InChI is InChI=1S/C16H23NO2/c1-12-6-5-8-14(10-12)17(2)16(19)11-13-7-3-4-9-15(13)18/h3-4,7,9,12,14,18H,5-6,8,10-11H2,1-2H3. The summed E-state index contributed by atoms with van der Waals surface area (Å²) in [5, 5.41) is 9.72. The Balaban J connectivity index is 1.97. The second-order valence-electron chi connectivity index (χ2n) is 5.74. The van der Waals surface area contributed by atoms with Gasteiger partial charge >= 0.3 is 0 Å². The topological polar surface area (TPSA) is 40.5 Å². The first-order valence-corrected chi connectivity index (χ1v) is 7.10. The Morgan fingerprint density at radius 3 is 2.79 bits per heavy atom. The van der Waals surface area contributed by atoms with E-state index in [4.69, 9.17) is 0 Å². The maximum absolute atomic E-state index is 12.3. The van der Waals surface area contributed by atoms with Gasteiger partial charge in [-0.2, -0.15) is 0 Å². The van der Waals surface area contributed by atoms with Gasteiger partial charge in [0.2, 0.25) is 5.91 Å². The van der Waals surface area contributed by atoms with E-state index in [1.54, 1.807) is 12.1 Å². The van der Waals surface area contributed by atoms with Crippen LogP contribution in [0.15, 0.2) is 24.3 Å². The van der Waals surface area contributed by atoms with Crippen molar-refractivity contribution in [3.8, 4) is 5.75 Å². The second kappa shape index (κ2) is 6.09. The van der Waals surface area contributed by atoms with E-state index in [-0.39, 0.29) is 18.1 Å². The number of amides is 1. The van der Waals surface area contributed by atoms with Crippen molar-refractivity contribution in [2.75, 3.05) is 7.05 Å². The van der Waals surface area contributed by atoms with E-state index in [0.717, 1.165) is 12.8 Å². The number of rotatable bonds is 3. The maximum atomic E-state index is 12.3. The Morgan fingerprint density at radius 1 is 1.37 bits per heavy atom. The Hall–Kier alpha value is -1.51. The van der Waals surface area contributed by atoms with Gasteiger partial charge in [-0.3, -0.25) is 4.79 Å². The molecule has 3 heteroatoms. The van der Waals surface area contributed by atoms with Crippen molar-refractivity contribution in [2.45, 2.75) is 45.1 Å². The van der Waals surface area contributed by atoms with Crippen LogP contribution >= 0.6 is 0 Å². The lowest BCUT2D eigenvalue weighted by molar-refractivity contribution is -0.132. The molecule has 0 bridgehead atoms. The molecule has 0 aromatic heterocycles. The van der Waals surface area contributed by atoms with E-state index >= 15 is 0 Å². The SMILES string of the molecule is CC1CCCC(N(C)C(=O)Cc2ccccc2O)C1. The molecule has 0 saturated heterocycles. The summed E-state index contributed by atoms with van der Waals surface area (Å²) in [6.45, 7) is 2.26. The summed E-state index contributed by atoms with van der Waals surface area (Å²) >= 11 is 0. The summed E-state index contributed by atoms with van der Waals surface area (Å²) < 4.78 is 0. The molecule has 0 radical (unpaired) electrons. The average Bonchev–Trinajstić information content (AvgIpc) is 2.40. The zero-order valence-electron chi connectivity index (χ0n) is 11.8. The summed E-state index contributed by atoms with van der Waals surface area (Å²) in [4.78, 5) is 14.2. The van der Waals surface area contributed by atoms with Crippen molar-refractivity contribution < 1.29 is 9.90 Å². The zero-order valence-corrected chi connectivity index (χ0v) is 11.8. The summed E-state index contributed by atoms with van der Waals surface area (Å²) in [7, 11) is 1.89. The first-order chi connectivity index (χ1) is 9.08. The van der Waals surface area contributed by atoms with E-state index < -0.39 is 0 Å². The third-order valence-electron chi connectivity index (χ3n) is 4.18. The molecule has 1 N–H and O–H groups in total. The molecule has 2 atom stereocenters. The highest BCUT2D eigenvalue weighted by Crippen LogP contribution is 2.27. The Kier molecular flexibility index (Phi) is 4.46. The number of hydrogen-bond acceptors (Lipinski definition) is 2. The predicted molar refractivity (Wildman–Crippen MR) is 76.0 cm³/mol. The Bertz CT molecular complexity index is 444. The fraction of sp³-hybridized carbons (Fsp3) is 0.562. The summed E-state index contributed by atoms with van der Waals surface area (Å²) in [5.74, 6) is 1.01. The first-order valence-electron chi connectivity index (χ1n) is 7.10. The lowest BCUT2D eigenvalue weighted by Crippen LogP contribution is -2.40. The second-order valence-corrected chi connectivity index (χ2v) is 5.74. The number of phenolic OH excluding ortho intramolecular Hbond substituents is 1. The quantitative estimate of drug-likeness (QED) is 0.908. The van der Waals surface area contributed by atoms with Gasteiger partial charge in [-0.15, -0.1) is 0 Å². The van der Waals surface area contributed by atoms with Gasteiger partial charge in [-0.1, -0.05) is 38.0 Å². The number of carbonyl (C=O) groups is 1. The van der Waals surface area contributed by atoms with Crippen LogP contribution in [-0.4, -0.2) is 29.0 Å². The van der Waals surface area contributed by atoms with Gasteiger partial charge in [-0.05, 0) is 24.8 Å². The lowest BCUT2D eigenvalue weighted by atomic mass is 9.86. The minimum atomic E-state index is 0.0978. The van der Waals surface area contributed by atoms with E-state index in [1.807, 2.05) is 24.1 Å². The normalized spacial score (nSPS) is 23.1. The molecule has 2 rings (SSSR count). The first kappa shape index (κ1) is 13.9. The van der Waals surface area contributed by atoms with Gasteiger partial charge in [0.15, 0.2) is 0 Å². The summed E-state index contributed by atoms with van der Waals surface area (Å²) in [6, 6.07) is 7.43. The Morgan fingerprint density at radius 2 is 2.11 bits per heavy atom. The molecule has 2 unspecified atom stereocenters. The van der Waals surface area contributed by atoms with Gasteiger partial charge in [-0.25, -0.2) is 0 Å². The number of carbonyl (C=O) groups excluding carboxylic acids is 1. The fourth-order valence-electron chi connectivity index (χ4n) is 2.91. The van der Waals surface area contributed by atoms with Gasteiger partial charge in [0.05, 0.1) is 6.42 Å². The highest BCUT2D eigenvalue weighted by Gasteiger charge is 2.25. The minimum absolute atomic E-state index is 0.0978. The summed E-state index contributed by atoms with van der Waals surface area (Å²) in [6.07, 6.45) is 4.97. The van der Waals surface area contributed by atoms with E-state index in [1.165, 1.54) is 12.8 Å². The number of likely N-dealkylation sites (N-methyl/N-ethyl adjacent to an activating group) is 1. The molecule has 0 heterocycles. The molecular formula is C16H23NO2. The molecule has 1 fully saturated rings. The molecule has 3 nitrogen and oxygen atoms in total. The number of nitrogens with zero attached hydrogens (tertiary/aromatic N) is 1. The van der Waals surface area contributed by atoms with Crippen molar-refractivity contribution in [2.24, 2.45) is 5.92 Å². The van der Waals surface area contributed by atoms with Crippen molar-refractivity contribution in [1.82, 2.24) is 4.90 Å². The van der Waals surface area contributed by atoms with Crippen LogP contribution in [0.5, 0.6) is 5.75 Å². The van der Waals surface area contributed by atoms with E-state index in [0.29, 0.717) is 17.5 Å². The van der Waals surface area contributed by atoms with Gasteiger partial charge in [0.25, 0.3) is 0 Å². The molecule has 0 spiro atoms. The van der Waals surface area contributed by atoms with Crippen molar-refractivity contribution in [3.63, 3.8) is 0 Å². The zero-order chi connectivity index (χ0) is 13.8. The van der Waals surface area contributed by atoms with Crippen LogP contribution in [0.1, 0.15) is 38.2 Å². The number of aromatic hydroxyl groups is 1. The number of benzene rings is 1. The van der Waals surface area contributed by atoms with Crippen LogP contribution < -0.4 is 0 Å². The van der Waals surface area contributed by atoms with Crippen LogP contribution in [-0.2, 0) is 11.2 Å². The third-order valence-corrected chi connectivity index (χ3v) is 4.18. The fourth-order valence-corrected chi connectivity index (χ4v) is 2.91. The molecule has 1 aliphatic rings. The molecule has 1 amide bonds. The largest absolute Gasteiger partial charge is 0.508 e. The number of para-hydroxylation sites is 1. The lowest BCUT2D eigenvalue weighted by Gasteiger charge is -2.34. The average molecular weight is 261 g/mol. The monoisotopic (exact) mass is 261 g/mol. The van der Waals surface area contributed by atoms with Crippen LogP contribution in [0, 0.1) is 5.92 Å². The molecule has 104 valence electrons. The van der Waals surface area contributed by atoms with E-state index in [2.05, 4.69) is 6.92 Å². The van der Waals surface area contributed by atoms with Crippen LogP contribution in [0.25, 0.3) is 0 Å². The van der Waals surface area contributed by atoms with Crippen LogP contribution in [0.4, 0.5) is 0 Å². The molecule has 0 aliphatic heterocycles. The number of hydrogen-bond donors (Lipinski definition) is 1. The minimum Gasteiger partial charge on any atom is -0.508 e. The van der Waals surface area contributed by atoms with Gasteiger partial charge in [0.1, 0.15) is 5.75 Å². The van der Waals surface area contributed by atoms with E-state index in [9.17, 15) is 9.90 Å². The predicted octanol–water partition coefficient (Wildman–Crippen LogP) is 2.97. The van der Waals surface area contributed by atoms with Gasteiger partial charge < -0.3 is 10.0 Å². The van der Waals surface area contributed by atoms with Crippen LogP contribution in [0.3, 0.4) is 0 Å². The molecule has 1 aromatic carbocycles. The highest BCUT2D eigenvalue weighted by atomic mass is 16.3. The number of phenols is 1.